The van der Waals surface area contributed by atoms with Crippen LogP contribution in [0.25, 0.3) is 0 Å². The molecule has 4 heteroatoms. The molecule has 0 aromatic heterocycles. The van der Waals surface area contributed by atoms with Crippen molar-refractivity contribution < 1.29 is 0 Å². The first-order chi connectivity index (χ1) is 9.24. The molecule has 3 nitrogen and oxygen atoms in total. The van der Waals surface area contributed by atoms with Gasteiger partial charge < -0.3 is 10.2 Å². The molecule has 0 radical (unpaired) electrons. The van der Waals surface area contributed by atoms with Gasteiger partial charge in [0.2, 0.25) is 0 Å². The smallest absolute Gasteiger partial charge is 0.102 e. The Labute approximate surface area is 120 Å². The monoisotopic (exact) mass is 275 g/mol. The maximum absolute atomic E-state index is 9.29. The zero-order chi connectivity index (χ0) is 13.7. The molecule has 0 unspecified atom stereocenters. The number of nitrogens with zero attached hydrogens (tertiary/aromatic N) is 2. The zero-order valence-corrected chi connectivity index (χ0v) is 12.5. The summed E-state index contributed by atoms with van der Waals surface area (Å²) in [5, 5.41) is 12.8. The van der Waals surface area contributed by atoms with Crippen molar-refractivity contribution in [3.63, 3.8) is 0 Å². The van der Waals surface area contributed by atoms with Crippen LogP contribution in [0.4, 0.5) is 5.69 Å². The van der Waals surface area contributed by atoms with E-state index in [1.165, 1.54) is 25.9 Å². The van der Waals surface area contributed by atoms with Gasteiger partial charge in [0.15, 0.2) is 0 Å². The van der Waals surface area contributed by atoms with Crippen LogP contribution in [-0.2, 0) is 0 Å². The summed E-state index contributed by atoms with van der Waals surface area (Å²) in [4.78, 5) is 3.43. The topological polar surface area (TPSA) is 39.1 Å². The number of benzene rings is 1. The quantitative estimate of drug-likeness (QED) is 0.857. The van der Waals surface area contributed by atoms with E-state index in [1.807, 2.05) is 24.5 Å². The number of hydrogen-bond acceptors (Lipinski definition) is 4. The summed E-state index contributed by atoms with van der Waals surface area (Å²) >= 11 is 1.63. The van der Waals surface area contributed by atoms with Crippen molar-refractivity contribution in [3.05, 3.63) is 23.8 Å². The fourth-order valence-electron chi connectivity index (χ4n) is 2.48. The van der Waals surface area contributed by atoms with Crippen LogP contribution in [0.3, 0.4) is 0 Å². The lowest BCUT2D eigenvalue weighted by molar-refractivity contribution is 0.226. The number of rotatable bonds is 4. The van der Waals surface area contributed by atoms with E-state index in [9.17, 15) is 5.26 Å². The number of thioether (sulfide) groups is 1. The standard InChI is InChI=1S/C15H21N3S/c1-18-8-6-12(7-9-18)11-17-14-4-3-5-15(19-2)13(14)10-16/h3-5,12,17H,6-9,11H2,1-2H3. The van der Waals surface area contributed by atoms with Gasteiger partial charge >= 0.3 is 0 Å². The van der Waals surface area contributed by atoms with Crippen molar-refractivity contribution >= 4 is 17.4 Å². The van der Waals surface area contributed by atoms with Gasteiger partial charge in [-0.25, -0.2) is 0 Å². The maximum atomic E-state index is 9.29. The second-order valence-corrected chi connectivity index (χ2v) is 5.97. The first-order valence-electron chi connectivity index (χ1n) is 6.74. The Morgan fingerprint density at radius 1 is 1.42 bits per heavy atom. The van der Waals surface area contributed by atoms with Crippen LogP contribution in [0, 0.1) is 17.2 Å². The molecule has 1 heterocycles. The van der Waals surface area contributed by atoms with Crippen LogP contribution in [0.1, 0.15) is 18.4 Å². The van der Waals surface area contributed by atoms with Crippen molar-refractivity contribution in [2.24, 2.45) is 5.92 Å². The molecule has 19 heavy (non-hydrogen) atoms. The normalized spacial score (nSPS) is 17.1. The summed E-state index contributed by atoms with van der Waals surface area (Å²) in [5.41, 5.74) is 1.76. The largest absolute Gasteiger partial charge is 0.384 e. The summed E-state index contributed by atoms with van der Waals surface area (Å²) in [6.45, 7) is 3.34. The van der Waals surface area contributed by atoms with Crippen LogP contribution in [0.15, 0.2) is 23.1 Å². The van der Waals surface area contributed by atoms with E-state index in [2.05, 4.69) is 23.3 Å². The predicted octanol–water partition coefficient (Wildman–Crippen LogP) is 3.03. The van der Waals surface area contributed by atoms with E-state index in [0.717, 1.165) is 28.6 Å². The highest BCUT2D eigenvalue weighted by Gasteiger charge is 2.17. The fraction of sp³-hybridized carbons (Fsp3) is 0.533. The second-order valence-electron chi connectivity index (χ2n) is 5.12. The SMILES string of the molecule is CSc1cccc(NCC2CCN(C)CC2)c1C#N. The number of nitriles is 1. The van der Waals surface area contributed by atoms with E-state index < -0.39 is 0 Å². The summed E-state index contributed by atoms with van der Waals surface area (Å²) in [5.74, 6) is 0.723. The molecule has 0 amide bonds. The molecule has 1 aliphatic rings. The van der Waals surface area contributed by atoms with Crippen LogP contribution >= 0.6 is 11.8 Å². The third kappa shape index (κ3) is 3.65. The van der Waals surface area contributed by atoms with E-state index in [1.54, 1.807) is 11.8 Å². The third-order valence-corrected chi connectivity index (χ3v) is 4.56. The lowest BCUT2D eigenvalue weighted by Gasteiger charge is -2.29. The lowest BCUT2D eigenvalue weighted by atomic mass is 9.97. The molecule has 0 atom stereocenters. The van der Waals surface area contributed by atoms with Crippen molar-refractivity contribution in [2.75, 3.05) is 38.3 Å². The zero-order valence-electron chi connectivity index (χ0n) is 11.6. The average molecular weight is 275 g/mol. The van der Waals surface area contributed by atoms with Gasteiger partial charge in [-0.05, 0) is 57.3 Å². The highest BCUT2D eigenvalue weighted by atomic mass is 32.2. The first kappa shape index (κ1) is 14.2. The molecule has 0 saturated carbocycles. The van der Waals surface area contributed by atoms with E-state index in [0.29, 0.717) is 0 Å². The predicted molar refractivity (Wildman–Crippen MR) is 81.6 cm³/mol. The Kier molecular flexibility index (Phi) is 5.12. The fourth-order valence-corrected chi connectivity index (χ4v) is 3.06. The molecule has 0 spiro atoms. The van der Waals surface area contributed by atoms with Gasteiger partial charge in [0, 0.05) is 11.4 Å². The van der Waals surface area contributed by atoms with Crippen molar-refractivity contribution in [2.45, 2.75) is 17.7 Å². The van der Waals surface area contributed by atoms with Gasteiger partial charge in [0.1, 0.15) is 6.07 Å². The average Bonchev–Trinajstić information content (AvgIpc) is 2.46. The molecule has 2 rings (SSSR count). The summed E-state index contributed by atoms with van der Waals surface area (Å²) in [7, 11) is 2.18. The molecule has 0 bridgehead atoms. The molecule has 1 aromatic carbocycles. The molecular formula is C15H21N3S. The summed E-state index contributed by atoms with van der Waals surface area (Å²) in [6.07, 6.45) is 4.50. The molecular weight excluding hydrogens is 254 g/mol. The number of likely N-dealkylation sites (tertiary alicyclic amines) is 1. The second kappa shape index (κ2) is 6.83. The van der Waals surface area contributed by atoms with Gasteiger partial charge in [0.05, 0.1) is 11.3 Å². The highest BCUT2D eigenvalue weighted by molar-refractivity contribution is 7.98. The Bertz CT molecular complexity index is 459. The summed E-state index contributed by atoms with van der Waals surface area (Å²) < 4.78 is 0. The van der Waals surface area contributed by atoms with Gasteiger partial charge in [-0.2, -0.15) is 5.26 Å². The highest BCUT2D eigenvalue weighted by Crippen LogP contribution is 2.27. The van der Waals surface area contributed by atoms with Crippen molar-refractivity contribution in [1.82, 2.24) is 4.90 Å². The van der Waals surface area contributed by atoms with Crippen molar-refractivity contribution in [1.29, 1.82) is 5.26 Å². The number of piperidine rings is 1. The minimum atomic E-state index is 0.723. The van der Waals surface area contributed by atoms with Crippen LogP contribution in [0.5, 0.6) is 0 Å². The maximum Gasteiger partial charge on any atom is 0.102 e. The molecule has 1 saturated heterocycles. The number of nitrogens with one attached hydrogen (secondary N) is 1. The van der Waals surface area contributed by atoms with Crippen LogP contribution < -0.4 is 5.32 Å². The molecule has 1 fully saturated rings. The van der Waals surface area contributed by atoms with Crippen LogP contribution in [-0.4, -0.2) is 37.8 Å². The number of anilines is 1. The molecule has 1 N–H and O–H groups in total. The third-order valence-electron chi connectivity index (χ3n) is 3.78. The molecule has 1 aromatic rings. The van der Waals surface area contributed by atoms with Gasteiger partial charge in [-0.1, -0.05) is 6.07 Å². The van der Waals surface area contributed by atoms with Gasteiger partial charge in [-0.15, -0.1) is 11.8 Å². The molecule has 0 aliphatic carbocycles. The Hall–Kier alpha value is -1.18. The minimum Gasteiger partial charge on any atom is -0.384 e. The van der Waals surface area contributed by atoms with Gasteiger partial charge in [-0.3, -0.25) is 0 Å². The Morgan fingerprint density at radius 2 is 2.16 bits per heavy atom. The summed E-state index contributed by atoms with van der Waals surface area (Å²) in [6, 6.07) is 8.35. The van der Waals surface area contributed by atoms with Crippen molar-refractivity contribution in [3.8, 4) is 6.07 Å². The van der Waals surface area contributed by atoms with E-state index in [-0.39, 0.29) is 0 Å². The first-order valence-corrected chi connectivity index (χ1v) is 7.96. The Balaban J connectivity index is 1.98. The van der Waals surface area contributed by atoms with Gasteiger partial charge in [0.25, 0.3) is 0 Å². The van der Waals surface area contributed by atoms with E-state index in [4.69, 9.17) is 0 Å². The minimum absolute atomic E-state index is 0.723. The lowest BCUT2D eigenvalue weighted by Crippen LogP contribution is -2.33. The Morgan fingerprint density at radius 3 is 2.79 bits per heavy atom. The number of hydrogen-bond donors (Lipinski definition) is 1. The molecule has 102 valence electrons. The van der Waals surface area contributed by atoms with Crippen LogP contribution in [0.2, 0.25) is 0 Å². The van der Waals surface area contributed by atoms with E-state index >= 15 is 0 Å². The molecule has 1 aliphatic heterocycles.